The van der Waals surface area contributed by atoms with Gasteiger partial charge in [0.05, 0.1) is 7.11 Å². The summed E-state index contributed by atoms with van der Waals surface area (Å²) in [6, 6.07) is 23.0. The van der Waals surface area contributed by atoms with E-state index in [1.54, 1.807) is 24.3 Å². The maximum Gasteiger partial charge on any atom is 0.407 e. The summed E-state index contributed by atoms with van der Waals surface area (Å²) in [5.41, 5.74) is 5.03. The maximum atomic E-state index is 12.4. The van der Waals surface area contributed by atoms with E-state index < -0.39 is 18.0 Å². The lowest BCUT2D eigenvalue weighted by Crippen LogP contribution is -2.33. The molecule has 0 bridgehead atoms. The number of amides is 1. The van der Waals surface area contributed by atoms with Crippen molar-refractivity contribution in [3.8, 4) is 16.9 Å². The Hall–Kier alpha value is -3.80. The number of nitrogens with one attached hydrogen (secondary N) is 1. The third kappa shape index (κ3) is 4.10. The number of carboxylic acids is 1. The second kappa shape index (κ2) is 8.92. The highest BCUT2D eigenvalue weighted by atomic mass is 16.5. The van der Waals surface area contributed by atoms with E-state index in [2.05, 4.69) is 17.4 Å². The van der Waals surface area contributed by atoms with Crippen LogP contribution in [-0.4, -0.2) is 37.4 Å². The first kappa shape index (κ1) is 20.5. The smallest absolute Gasteiger partial charge is 0.407 e. The Morgan fingerprint density at radius 3 is 2.13 bits per heavy atom. The van der Waals surface area contributed by atoms with Gasteiger partial charge in [-0.3, -0.25) is 4.79 Å². The third-order valence-electron chi connectivity index (χ3n) is 5.61. The number of aliphatic carboxylic acids is 1. The molecule has 31 heavy (non-hydrogen) atoms. The molecule has 6 nitrogen and oxygen atoms in total. The summed E-state index contributed by atoms with van der Waals surface area (Å²) in [4.78, 5) is 24.2. The van der Waals surface area contributed by atoms with Crippen molar-refractivity contribution in [1.29, 1.82) is 0 Å². The topological polar surface area (TPSA) is 84.9 Å². The highest BCUT2D eigenvalue weighted by Gasteiger charge is 2.29. The molecule has 0 radical (unpaired) electrons. The van der Waals surface area contributed by atoms with Crippen LogP contribution in [0, 0.1) is 0 Å². The molecule has 0 saturated heterocycles. The average Bonchev–Trinajstić information content (AvgIpc) is 3.11. The number of para-hydroxylation sites is 1. The molecule has 4 rings (SSSR count). The van der Waals surface area contributed by atoms with Crippen LogP contribution in [0.5, 0.6) is 5.75 Å². The van der Waals surface area contributed by atoms with Crippen LogP contribution >= 0.6 is 0 Å². The summed E-state index contributed by atoms with van der Waals surface area (Å²) in [7, 11) is 1.48. The summed E-state index contributed by atoms with van der Waals surface area (Å²) in [6.45, 7) is 0.0681. The van der Waals surface area contributed by atoms with Crippen LogP contribution in [-0.2, 0) is 9.53 Å². The summed E-state index contributed by atoms with van der Waals surface area (Å²) in [5.74, 6) is -1.59. The number of ether oxygens (including phenoxy) is 2. The second-order valence-corrected chi connectivity index (χ2v) is 7.34. The van der Waals surface area contributed by atoms with Gasteiger partial charge in [0, 0.05) is 18.0 Å². The molecule has 0 aliphatic heterocycles. The van der Waals surface area contributed by atoms with Crippen molar-refractivity contribution in [3.63, 3.8) is 0 Å². The standard InChI is InChI=1S/C25H23NO5/c1-30-23-13-7-6-12-20(23)21(24(27)28)14-26-25(29)31-15-22-18-10-4-2-8-16(18)17-9-3-5-11-19(17)22/h2-13,21-22H,14-15H2,1H3,(H,26,29)(H,27,28). The first-order chi connectivity index (χ1) is 15.1. The van der Waals surface area contributed by atoms with E-state index >= 15 is 0 Å². The van der Waals surface area contributed by atoms with E-state index in [1.165, 1.54) is 7.11 Å². The van der Waals surface area contributed by atoms with Crippen LogP contribution < -0.4 is 10.1 Å². The highest BCUT2D eigenvalue weighted by molar-refractivity contribution is 5.80. The van der Waals surface area contributed by atoms with Gasteiger partial charge < -0.3 is 19.9 Å². The second-order valence-electron chi connectivity index (χ2n) is 7.34. The van der Waals surface area contributed by atoms with Gasteiger partial charge in [0.25, 0.3) is 0 Å². The predicted octanol–water partition coefficient (Wildman–Crippen LogP) is 4.40. The number of carbonyl (C=O) groups excluding carboxylic acids is 1. The van der Waals surface area contributed by atoms with E-state index in [4.69, 9.17) is 9.47 Å². The molecule has 0 aromatic heterocycles. The summed E-state index contributed by atoms with van der Waals surface area (Å²) < 4.78 is 10.7. The zero-order valence-electron chi connectivity index (χ0n) is 17.1. The first-order valence-corrected chi connectivity index (χ1v) is 10.0. The molecule has 2 N–H and O–H groups in total. The normalized spacial score (nSPS) is 13.1. The molecule has 3 aromatic carbocycles. The van der Waals surface area contributed by atoms with Gasteiger partial charge in [0.15, 0.2) is 0 Å². The number of fused-ring (bicyclic) bond motifs is 3. The Bertz CT molecular complexity index is 1060. The number of carboxylic acid groups (broad SMARTS) is 1. The van der Waals surface area contributed by atoms with Crippen LogP contribution in [0.2, 0.25) is 0 Å². The zero-order valence-corrected chi connectivity index (χ0v) is 17.1. The van der Waals surface area contributed by atoms with Crippen LogP contribution in [0.3, 0.4) is 0 Å². The van der Waals surface area contributed by atoms with E-state index in [9.17, 15) is 14.7 Å². The molecule has 0 fully saturated rings. The van der Waals surface area contributed by atoms with Gasteiger partial charge >= 0.3 is 12.1 Å². The van der Waals surface area contributed by atoms with E-state index in [0.717, 1.165) is 22.3 Å². The lowest BCUT2D eigenvalue weighted by molar-refractivity contribution is -0.138. The Kier molecular flexibility index (Phi) is 5.89. The molecule has 0 saturated carbocycles. The quantitative estimate of drug-likeness (QED) is 0.595. The number of carbonyl (C=O) groups is 2. The number of hydrogen-bond acceptors (Lipinski definition) is 4. The van der Waals surface area contributed by atoms with Gasteiger partial charge in [0.2, 0.25) is 0 Å². The molecule has 0 heterocycles. The van der Waals surface area contributed by atoms with Crippen LogP contribution in [0.15, 0.2) is 72.8 Å². The predicted molar refractivity (Wildman–Crippen MR) is 116 cm³/mol. The van der Waals surface area contributed by atoms with E-state index in [0.29, 0.717) is 11.3 Å². The van der Waals surface area contributed by atoms with Crippen LogP contribution in [0.1, 0.15) is 28.5 Å². The average molecular weight is 417 g/mol. The highest BCUT2D eigenvalue weighted by Crippen LogP contribution is 2.44. The van der Waals surface area contributed by atoms with Crippen molar-refractivity contribution in [1.82, 2.24) is 5.32 Å². The Labute approximate surface area is 180 Å². The largest absolute Gasteiger partial charge is 0.496 e. The van der Waals surface area contributed by atoms with Crippen LogP contribution in [0.4, 0.5) is 4.79 Å². The molecule has 3 aromatic rings. The van der Waals surface area contributed by atoms with Crippen molar-refractivity contribution >= 4 is 12.1 Å². The van der Waals surface area contributed by atoms with Gasteiger partial charge in [0.1, 0.15) is 18.3 Å². The van der Waals surface area contributed by atoms with E-state index in [1.807, 2.05) is 36.4 Å². The Morgan fingerprint density at radius 2 is 1.52 bits per heavy atom. The third-order valence-corrected chi connectivity index (χ3v) is 5.61. The summed E-state index contributed by atoms with van der Waals surface area (Å²) in [6.07, 6.45) is -0.650. The number of rotatable bonds is 7. The lowest BCUT2D eigenvalue weighted by Gasteiger charge is -2.18. The minimum atomic E-state index is -1.05. The van der Waals surface area contributed by atoms with Crippen molar-refractivity contribution < 1.29 is 24.2 Å². The Morgan fingerprint density at radius 1 is 0.935 bits per heavy atom. The molecule has 1 aliphatic carbocycles. The van der Waals surface area contributed by atoms with Crippen molar-refractivity contribution in [2.45, 2.75) is 11.8 Å². The number of benzene rings is 3. The fourth-order valence-electron chi connectivity index (χ4n) is 4.12. The molecule has 1 unspecified atom stereocenters. The lowest BCUT2D eigenvalue weighted by atomic mass is 9.98. The van der Waals surface area contributed by atoms with Crippen molar-refractivity contribution in [3.05, 3.63) is 89.5 Å². The zero-order chi connectivity index (χ0) is 21.8. The SMILES string of the molecule is COc1ccccc1C(CNC(=O)OCC1c2ccccc2-c2ccccc21)C(=O)O. The number of alkyl carbamates (subject to hydrolysis) is 1. The molecular weight excluding hydrogens is 394 g/mol. The van der Waals surface area contributed by atoms with Gasteiger partial charge in [-0.15, -0.1) is 0 Å². The fraction of sp³-hybridized carbons (Fsp3) is 0.200. The molecular formula is C25H23NO5. The molecule has 0 spiro atoms. The Balaban J connectivity index is 1.42. The fourth-order valence-corrected chi connectivity index (χ4v) is 4.12. The van der Waals surface area contributed by atoms with Crippen molar-refractivity contribution in [2.24, 2.45) is 0 Å². The summed E-state index contributed by atoms with van der Waals surface area (Å²) in [5, 5.41) is 12.2. The molecule has 1 aliphatic rings. The number of hydrogen-bond donors (Lipinski definition) is 2. The molecule has 6 heteroatoms. The minimum absolute atomic E-state index is 0.0531. The van der Waals surface area contributed by atoms with Crippen LogP contribution in [0.25, 0.3) is 11.1 Å². The van der Waals surface area contributed by atoms with Gasteiger partial charge in [-0.05, 0) is 28.3 Å². The molecule has 1 atom stereocenters. The monoisotopic (exact) mass is 417 g/mol. The minimum Gasteiger partial charge on any atom is -0.496 e. The number of methoxy groups -OCH3 is 1. The van der Waals surface area contributed by atoms with Gasteiger partial charge in [-0.1, -0.05) is 66.7 Å². The maximum absolute atomic E-state index is 12.4. The van der Waals surface area contributed by atoms with Gasteiger partial charge in [-0.25, -0.2) is 4.79 Å². The first-order valence-electron chi connectivity index (χ1n) is 10.0. The molecule has 1 amide bonds. The van der Waals surface area contributed by atoms with Gasteiger partial charge in [-0.2, -0.15) is 0 Å². The summed E-state index contributed by atoms with van der Waals surface area (Å²) >= 11 is 0. The van der Waals surface area contributed by atoms with Crippen molar-refractivity contribution in [2.75, 3.05) is 20.3 Å². The molecule has 158 valence electrons. The van der Waals surface area contributed by atoms with E-state index in [-0.39, 0.29) is 19.1 Å².